The van der Waals surface area contributed by atoms with Gasteiger partial charge in [0.25, 0.3) is 5.91 Å². The Balaban J connectivity index is 1.69. The lowest BCUT2D eigenvalue weighted by Crippen LogP contribution is -2.35. The van der Waals surface area contributed by atoms with Gasteiger partial charge in [0.05, 0.1) is 0 Å². The van der Waals surface area contributed by atoms with Crippen molar-refractivity contribution in [3.05, 3.63) is 64.7 Å². The molecule has 6 heteroatoms. The number of halogens is 1. The minimum atomic E-state index is -1.34. The molecule has 3 N–H and O–H groups in total. The van der Waals surface area contributed by atoms with E-state index in [1.54, 1.807) is 24.3 Å². The number of anilines is 1. The number of nitrogens with one attached hydrogen (secondary N) is 2. The number of para-hydroxylation sites is 1. The number of fused-ring (bicyclic) bond motifs is 1. The zero-order valence-corrected chi connectivity index (χ0v) is 13.6. The minimum Gasteiger partial charge on any atom is -0.378 e. The first-order chi connectivity index (χ1) is 11.6. The molecule has 0 radical (unpaired) electrons. The highest BCUT2D eigenvalue weighted by Crippen LogP contribution is 2.31. The van der Waals surface area contributed by atoms with E-state index in [4.69, 9.17) is 11.6 Å². The first kappa shape index (κ1) is 16.5. The molecule has 0 aliphatic carbocycles. The Labute approximate surface area is 144 Å². The van der Waals surface area contributed by atoms with E-state index in [1.807, 2.05) is 24.3 Å². The van der Waals surface area contributed by atoms with E-state index >= 15 is 0 Å². The lowest BCUT2D eigenvalue weighted by Gasteiger charge is -2.26. The molecule has 3 rings (SSSR count). The molecule has 2 amide bonds. The number of carbonyl (C=O) groups is 2. The van der Waals surface area contributed by atoms with Crippen LogP contribution >= 0.6 is 11.6 Å². The van der Waals surface area contributed by atoms with E-state index in [9.17, 15) is 14.7 Å². The van der Waals surface area contributed by atoms with Crippen molar-refractivity contribution >= 4 is 29.1 Å². The van der Waals surface area contributed by atoms with Crippen LogP contribution in [0.3, 0.4) is 0 Å². The van der Waals surface area contributed by atoms with Gasteiger partial charge in [0.15, 0.2) is 6.10 Å². The van der Waals surface area contributed by atoms with Gasteiger partial charge in [-0.25, -0.2) is 0 Å². The van der Waals surface area contributed by atoms with E-state index in [0.29, 0.717) is 17.0 Å². The number of rotatable bonds is 4. The Hall–Kier alpha value is -2.37. The fraction of sp³-hybridized carbons (Fsp3) is 0.222. The van der Waals surface area contributed by atoms with E-state index in [0.717, 1.165) is 11.3 Å². The normalized spacial score (nSPS) is 17.6. The Morgan fingerprint density at radius 3 is 2.75 bits per heavy atom. The van der Waals surface area contributed by atoms with Crippen LogP contribution in [-0.4, -0.2) is 23.5 Å². The highest BCUT2D eigenvalue weighted by atomic mass is 35.5. The molecule has 2 aromatic carbocycles. The van der Waals surface area contributed by atoms with Gasteiger partial charge in [0.2, 0.25) is 5.91 Å². The molecule has 0 bridgehead atoms. The number of carbonyl (C=O) groups excluding carboxylic acids is 2. The fourth-order valence-electron chi connectivity index (χ4n) is 2.84. The van der Waals surface area contributed by atoms with Crippen LogP contribution in [0.1, 0.15) is 29.6 Å². The molecule has 1 aliphatic rings. The summed E-state index contributed by atoms with van der Waals surface area (Å²) in [6.07, 6.45) is -1.05. The number of aliphatic hydroxyl groups is 1. The zero-order chi connectivity index (χ0) is 17.1. The van der Waals surface area contributed by atoms with Crippen LogP contribution in [0.15, 0.2) is 48.5 Å². The molecule has 124 valence electrons. The number of hydrogen-bond acceptors (Lipinski definition) is 3. The second kappa shape index (κ2) is 7.03. The van der Waals surface area contributed by atoms with Gasteiger partial charge in [-0.1, -0.05) is 48.0 Å². The van der Waals surface area contributed by atoms with E-state index in [2.05, 4.69) is 10.6 Å². The van der Waals surface area contributed by atoms with Gasteiger partial charge in [-0.3, -0.25) is 9.59 Å². The summed E-state index contributed by atoms with van der Waals surface area (Å²) in [5.41, 5.74) is 2.10. The molecule has 2 aromatic rings. The van der Waals surface area contributed by atoms with E-state index in [-0.39, 0.29) is 18.4 Å². The number of aliphatic hydroxyl groups excluding tert-OH is 1. The van der Waals surface area contributed by atoms with Crippen LogP contribution in [-0.2, 0) is 9.59 Å². The van der Waals surface area contributed by atoms with Crippen molar-refractivity contribution in [2.75, 3.05) is 11.9 Å². The summed E-state index contributed by atoms with van der Waals surface area (Å²) >= 11 is 6.01. The third kappa shape index (κ3) is 3.42. The first-order valence-electron chi connectivity index (χ1n) is 7.65. The van der Waals surface area contributed by atoms with Crippen molar-refractivity contribution in [3.8, 4) is 0 Å². The molecule has 0 aromatic heterocycles. The van der Waals surface area contributed by atoms with Crippen molar-refractivity contribution in [1.29, 1.82) is 0 Å². The lowest BCUT2D eigenvalue weighted by atomic mass is 9.90. The van der Waals surface area contributed by atoms with Crippen LogP contribution < -0.4 is 10.6 Å². The van der Waals surface area contributed by atoms with Crippen LogP contribution in [0, 0.1) is 0 Å². The zero-order valence-electron chi connectivity index (χ0n) is 12.8. The number of amides is 2. The molecule has 5 nitrogen and oxygen atoms in total. The molecular formula is C18H17ClN2O3. The van der Waals surface area contributed by atoms with Gasteiger partial charge in [0, 0.05) is 35.2 Å². The monoisotopic (exact) mass is 344 g/mol. The molecule has 0 unspecified atom stereocenters. The fourth-order valence-corrected chi connectivity index (χ4v) is 3.08. The summed E-state index contributed by atoms with van der Waals surface area (Å²) in [4.78, 5) is 24.0. The second-order valence-corrected chi connectivity index (χ2v) is 6.11. The summed E-state index contributed by atoms with van der Waals surface area (Å²) in [5, 5.41) is 16.0. The Morgan fingerprint density at radius 2 is 1.96 bits per heavy atom. The minimum absolute atomic E-state index is 0.0837. The van der Waals surface area contributed by atoms with Gasteiger partial charge >= 0.3 is 0 Å². The van der Waals surface area contributed by atoms with Crippen molar-refractivity contribution in [3.63, 3.8) is 0 Å². The standard InChI is InChI=1S/C18H17ClN2O3/c19-14-7-3-1-6-13(14)17(23)18(24)20-10-11-9-16(22)21-15-8-4-2-5-12(11)15/h1-8,11,17,23H,9-10H2,(H,20,24)(H,21,22)/t11-,17-/m1/s1. The maximum atomic E-state index is 12.2. The predicted molar refractivity (Wildman–Crippen MR) is 91.9 cm³/mol. The lowest BCUT2D eigenvalue weighted by molar-refractivity contribution is -0.130. The molecular weight excluding hydrogens is 328 g/mol. The third-order valence-corrected chi connectivity index (χ3v) is 4.42. The topological polar surface area (TPSA) is 78.4 Å². The Kier molecular flexibility index (Phi) is 4.83. The molecule has 1 heterocycles. The highest BCUT2D eigenvalue weighted by Gasteiger charge is 2.26. The first-order valence-corrected chi connectivity index (χ1v) is 8.03. The van der Waals surface area contributed by atoms with Crippen molar-refractivity contribution in [1.82, 2.24) is 5.32 Å². The third-order valence-electron chi connectivity index (χ3n) is 4.08. The molecule has 0 fully saturated rings. The molecule has 0 saturated heterocycles. The molecule has 24 heavy (non-hydrogen) atoms. The van der Waals surface area contributed by atoms with Crippen LogP contribution in [0.5, 0.6) is 0 Å². The van der Waals surface area contributed by atoms with Gasteiger partial charge in [-0.2, -0.15) is 0 Å². The van der Waals surface area contributed by atoms with Gasteiger partial charge in [0.1, 0.15) is 0 Å². The number of benzene rings is 2. The molecule has 1 aliphatic heterocycles. The maximum absolute atomic E-state index is 12.2. The average molecular weight is 345 g/mol. The van der Waals surface area contributed by atoms with Crippen LogP contribution in [0.2, 0.25) is 5.02 Å². The Bertz CT molecular complexity index is 778. The summed E-state index contributed by atoms with van der Waals surface area (Å²) in [7, 11) is 0. The molecule has 0 spiro atoms. The number of hydrogen-bond donors (Lipinski definition) is 3. The van der Waals surface area contributed by atoms with Crippen molar-refractivity contribution < 1.29 is 14.7 Å². The van der Waals surface area contributed by atoms with E-state index < -0.39 is 12.0 Å². The SMILES string of the molecule is O=C1C[C@H](CNC(=O)[C@H](O)c2ccccc2Cl)c2ccccc2N1. The maximum Gasteiger partial charge on any atom is 0.253 e. The Morgan fingerprint density at radius 1 is 1.25 bits per heavy atom. The highest BCUT2D eigenvalue weighted by molar-refractivity contribution is 6.31. The van der Waals surface area contributed by atoms with Gasteiger partial charge < -0.3 is 15.7 Å². The molecule has 0 saturated carbocycles. The quantitative estimate of drug-likeness (QED) is 0.797. The van der Waals surface area contributed by atoms with E-state index in [1.165, 1.54) is 0 Å². The summed E-state index contributed by atoms with van der Waals surface area (Å²) in [5.74, 6) is -0.747. The predicted octanol–water partition coefficient (Wildman–Crippen LogP) is 2.62. The summed E-state index contributed by atoms with van der Waals surface area (Å²) in [6, 6.07) is 14.2. The summed E-state index contributed by atoms with van der Waals surface area (Å²) in [6.45, 7) is 0.269. The van der Waals surface area contributed by atoms with Gasteiger partial charge in [-0.15, -0.1) is 0 Å². The van der Waals surface area contributed by atoms with Gasteiger partial charge in [-0.05, 0) is 17.7 Å². The van der Waals surface area contributed by atoms with Crippen LogP contribution in [0.4, 0.5) is 5.69 Å². The largest absolute Gasteiger partial charge is 0.378 e. The summed E-state index contributed by atoms with van der Waals surface area (Å²) < 4.78 is 0. The average Bonchev–Trinajstić information content (AvgIpc) is 2.59. The van der Waals surface area contributed by atoms with Crippen molar-refractivity contribution in [2.45, 2.75) is 18.4 Å². The molecule has 2 atom stereocenters. The van der Waals surface area contributed by atoms with Crippen molar-refractivity contribution in [2.24, 2.45) is 0 Å². The smallest absolute Gasteiger partial charge is 0.253 e. The second-order valence-electron chi connectivity index (χ2n) is 5.71. The van der Waals surface area contributed by atoms with Crippen LogP contribution in [0.25, 0.3) is 0 Å².